The van der Waals surface area contributed by atoms with Gasteiger partial charge in [0.2, 0.25) is 0 Å². The zero-order valence-corrected chi connectivity index (χ0v) is 15.9. The highest BCUT2D eigenvalue weighted by atomic mass is 16.7. The minimum absolute atomic E-state index is 0.326. The average Bonchev–Trinajstić information content (AvgIpc) is 2.73. The molecule has 0 aliphatic rings. The van der Waals surface area contributed by atoms with Gasteiger partial charge in [-0.25, -0.2) is 0 Å². The maximum Gasteiger partial charge on any atom is 0.183 e. The molecule has 0 saturated carbocycles. The van der Waals surface area contributed by atoms with Gasteiger partial charge in [0.15, 0.2) is 6.29 Å². The summed E-state index contributed by atoms with van der Waals surface area (Å²) in [5.41, 5.74) is 4.45. The minimum atomic E-state index is -0.326. The highest BCUT2D eigenvalue weighted by molar-refractivity contribution is 5.65. The van der Waals surface area contributed by atoms with Crippen molar-refractivity contribution in [2.24, 2.45) is 0 Å². The molecule has 0 amide bonds. The lowest BCUT2D eigenvalue weighted by Crippen LogP contribution is -2.08. The molecule has 0 atom stereocenters. The molecule has 3 aromatic carbocycles. The monoisotopic (exact) mass is 362 g/mol. The SMILES string of the molecule is CCOC(OCC)c1cccc(-c2ccc(OCc3ccccc3)cc2)c1. The van der Waals surface area contributed by atoms with E-state index in [1.54, 1.807) is 0 Å². The fourth-order valence-electron chi connectivity index (χ4n) is 2.89. The van der Waals surface area contributed by atoms with E-state index in [9.17, 15) is 0 Å². The van der Waals surface area contributed by atoms with E-state index in [2.05, 4.69) is 36.4 Å². The van der Waals surface area contributed by atoms with Gasteiger partial charge in [0.1, 0.15) is 12.4 Å². The van der Waals surface area contributed by atoms with Gasteiger partial charge in [0.05, 0.1) is 0 Å². The van der Waals surface area contributed by atoms with Crippen LogP contribution in [0.25, 0.3) is 11.1 Å². The van der Waals surface area contributed by atoms with Crippen LogP contribution < -0.4 is 4.74 Å². The van der Waals surface area contributed by atoms with Gasteiger partial charge < -0.3 is 14.2 Å². The molecule has 3 rings (SSSR count). The van der Waals surface area contributed by atoms with Crippen molar-refractivity contribution < 1.29 is 14.2 Å². The van der Waals surface area contributed by atoms with Crippen LogP contribution in [0.15, 0.2) is 78.9 Å². The molecule has 3 heteroatoms. The number of hydrogen-bond donors (Lipinski definition) is 0. The van der Waals surface area contributed by atoms with E-state index >= 15 is 0 Å². The quantitative estimate of drug-likeness (QED) is 0.437. The van der Waals surface area contributed by atoms with Crippen LogP contribution in [-0.2, 0) is 16.1 Å². The second-order valence-electron chi connectivity index (χ2n) is 6.17. The van der Waals surface area contributed by atoms with Crippen LogP contribution in [-0.4, -0.2) is 13.2 Å². The molecule has 0 aromatic heterocycles. The Labute approximate surface area is 161 Å². The third-order valence-electron chi connectivity index (χ3n) is 4.23. The molecular weight excluding hydrogens is 336 g/mol. The van der Waals surface area contributed by atoms with Gasteiger partial charge >= 0.3 is 0 Å². The summed E-state index contributed by atoms with van der Waals surface area (Å²) in [5, 5.41) is 0. The summed E-state index contributed by atoms with van der Waals surface area (Å²) in [6, 6.07) is 26.6. The maximum absolute atomic E-state index is 5.87. The highest BCUT2D eigenvalue weighted by Crippen LogP contribution is 2.27. The molecule has 0 aliphatic heterocycles. The Bertz CT molecular complexity index is 807. The smallest absolute Gasteiger partial charge is 0.183 e. The fourth-order valence-corrected chi connectivity index (χ4v) is 2.89. The molecule has 27 heavy (non-hydrogen) atoms. The maximum atomic E-state index is 5.87. The first kappa shape index (κ1) is 19.2. The Kier molecular flexibility index (Phi) is 7.03. The van der Waals surface area contributed by atoms with Crippen LogP contribution >= 0.6 is 0 Å². The van der Waals surface area contributed by atoms with Crippen LogP contribution in [0, 0.1) is 0 Å². The zero-order chi connectivity index (χ0) is 18.9. The van der Waals surface area contributed by atoms with E-state index in [1.165, 1.54) is 0 Å². The normalized spacial score (nSPS) is 10.9. The average molecular weight is 362 g/mol. The van der Waals surface area contributed by atoms with Gasteiger partial charge in [-0.15, -0.1) is 0 Å². The van der Waals surface area contributed by atoms with Crippen LogP contribution in [0.4, 0.5) is 0 Å². The Hall–Kier alpha value is -2.62. The van der Waals surface area contributed by atoms with Crippen LogP contribution in [0.3, 0.4) is 0 Å². The lowest BCUT2D eigenvalue weighted by atomic mass is 10.0. The molecule has 140 valence electrons. The van der Waals surface area contributed by atoms with Crippen molar-refractivity contribution in [3.63, 3.8) is 0 Å². The Balaban J connectivity index is 1.70. The van der Waals surface area contributed by atoms with Crippen molar-refractivity contribution >= 4 is 0 Å². The molecule has 0 saturated heterocycles. The Morgan fingerprint density at radius 1 is 0.704 bits per heavy atom. The van der Waals surface area contributed by atoms with E-state index in [0.29, 0.717) is 19.8 Å². The third-order valence-corrected chi connectivity index (χ3v) is 4.23. The van der Waals surface area contributed by atoms with Crippen molar-refractivity contribution in [2.45, 2.75) is 26.7 Å². The van der Waals surface area contributed by atoms with Gasteiger partial charge in [0, 0.05) is 18.8 Å². The van der Waals surface area contributed by atoms with E-state index < -0.39 is 0 Å². The van der Waals surface area contributed by atoms with Crippen molar-refractivity contribution in [1.29, 1.82) is 0 Å². The summed E-state index contributed by atoms with van der Waals surface area (Å²) in [5.74, 6) is 0.861. The van der Waals surface area contributed by atoms with E-state index in [0.717, 1.165) is 28.0 Å². The minimum Gasteiger partial charge on any atom is -0.489 e. The molecule has 0 spiro atoms. The standard InChI is InChI=1S/C24H26O3/c1-3-25-24(26-4-2)22-12-8-11-21(17-22)20-13-15-23(16-14-20)27-18-19-9-6-5-7-10-19/h5-17,24H,3-4,18H2,1-2H3. The van der Waals surface area contributed by atoms with Crippen molar-refractivity contribution in [3.05, 3.63) is 90.0 Å². The third kappa shape index (κ3) is 5.43. The Morgan fingerprint density at radius 3 is 2.07 bits per heavy atom. The lowest BCUT2D eigenvalue weighted by molar-refractivity contribution is -0.140. The second-order valence-corrected chi connectivity index (χ2v) is 6.17. The van der Waals surface area contributed by atoms with E-state index in [1.807, 2.05) is 56.3 Å². The van der Waals surface area contributed by atoms with E-state index in [-0.39, 0.29) is 6.29 Å². The predicted octanol–water partition coefficient (Wildman–Crippen LogP) is 6.00. The van der Waals surface area contributed by atoms with Crippen molar-refractivity contribution in [2.75, 3.05) is 13.2 Å². The first-order chi connectivity index (χ1) is 13.3. The second kappa shape index (κ2) is 9.91. The number of hydrogen-bond acceptors (Lipinski definition) is 3. The van der Waals surface area contributed by atoms with Crippen LogP contribution in [0.1, 0.15) is 31.3 Å². The van der Waals surface area contributed by atoms with Crippen LogP contribution in [0.2, 0.25) is 0 Å². The Morgan fingerprint density at radius 2 is 1.41 bits per heavy atom. The molecule has 0 aliphatic carbocycles. The van der Waals surface area contributed by atoms with Gasteiger partial charge in [-0.2, -0.15) is 0 Å². The first-order valence-electron chi connectivity index (χ1n) is 9.40. The molecule has 0 bridgehead atoms. The highest BCUT2D eigenvalue weighted by Gasteiger charge is 2.12. The van der Waals surface area contributed by atoms with Gasteiger partial charge in [-0.1, -0.05) is 60.7 Å². The molecule has 0 N–H and O–H groups in total. The number of rotatable bonds is 9. The summed E-state index contributed by atoms with van der Waals surface area (Å²) in [4.78, 5) is 0. The summed E-state index contributed by atoms with van der Waals surface area (Å²) in [6.45, 7) is 5.75. The summed E-state index contributed by atoms with van der Waals surface area (Å²) in [6.07, 6.45) is -0.326. The van der Waals surface area contributed by atoms with Crippen LogP contribution in [0.5, 0.6) is 5.75 Å². The first-order valence-corrected chi connectivity index (χ1v) is 9.40. The molecule has 0 unspecified atom stereocenters. The fraction of sp³-hybridized carbons (Fsp3) is 0.250. The molecule has 0 heterocycles. The van der Waals surface area contributed by atoms with Gasteiger partial charge in [-0.05, 0) is 48.7 Å². The number of benzene rings is 3. The zero-order valence-electron chi connectivity index (χ0n) is 15.9. The lowest BCUT2D eigenvalue weighted by Gasteiger charge is -2.18. The predicted molar refractivity (Wildman–Crippen MR) is 109 cm³/mol. The van der Waals surface area contributed by atoms with Crippen molar-refractivity contribution in [3.8, 4) is 16.9 Å². The number of ether oxygens (including phenoxy) is 3. The topological polar surface area (TPSA) is 27.7 Å². The molecule has 3 nitrogen and oxygen atoms in total. The van der Waals surface area contributed by atoms with E-state index in [4.69, 9.17) is 14.2 Å². The summed E-state index contributed by atoms with van der Waals surface area (Å²) >= 11 is 0. The molecular formula is C24H26O3. The molecule has 0 fully saturated rings. The van der Waals surface area contributed by atoms with Gasteiger partial charge in [-0.3, -0.25) is 0 Å². The van der Waals surface area contributed by atoms with Gasteiger partial charge in [0.25, 0.3) is 0 Å². The summed E-state index contributed by atoms with van der Waals surface area (Å²) in [7, 11) is 0. The summed E-state index contributed by atoms with van der Waals surface area (Å²) < 4.78 is 17.3. The molecule has 3 aromatic rings. The molecule has 0 radical (unpaired) electrons. The van der Waals surface area contributed by atoms with Crippen molar-refractivity contribution in [1.82, 2.24) is 0 Å². The largest absolute Gasteiger partial charge is 0.489 e.